The van der Waals surface area contributed by atoms with Crippen LogP contribution in [0.4, 0.5) is 0 Å². The standard InChI is InChI=1S/C26H39NO4/c1-17-20(15-21(28)16-24(17)29)9-8-19-7-6-13-26(3)22(10-11-23(19)26)18(2)31-14-12-25(30)27(4)5/h8-10,18,21,23-24,28-29H,1,6-7,11-16H2,2-5H3/t18-,21-,23+,24+,26-/m1/s1. The van der Waals surface area contributed by atoms with E-state index in [1.807, 2.05) is 0 Å². The predicted octanol–water partition coefficient (Wildman–Crippen LogP) is 3.93. The second-order valence-corrected chi connectivity index (χ2v) is 9.84. The van der Waals surface area contributed by atoms with Gasteiger partial charge in [0.15, 0.2) is 0 Å². The van der Waals surface area contributed by atoms with Crippen LogP contribution in [0, 0.1) is 11.3 Å². The van der Waals surface area contributed by atoms with Gasteiger partial charge in [0.2, 0.25) is 5.91 Å². The Bertz CT molecular complexity index is 793. The maximum absolute atomic E-state index is 11.8. The minimum Gasteiger partial charge on any atom is -0.393 e. The Balaban J connectivity index is 1.68. The quantitative estimate of drug-likeness (QED) is 0.628. The Morgan fingerprint density at radius 3 is 2.84 bits per heavy atom. The molecule has 2 saturated carbocycles. The van der Waals surface area contributed by atoms with E-state index in [0.29, 0.717) is 31.8 Å². The summed E-state index contributed by atoms with van der Waals surface area (Å²) in [6.07, 6.45) is 11.2. The van der Waals surface area contributed by atoms with Gasteiger partial charge in [0, 0.05) is 20.5 Å². The van der Waals surface area contributed by atoms with Gasteiger partial charge in [-0.1, -0.05) is 37.3 Å². The third-order valence-electron chi connectivity index (χ3n) is 7.50. The van der Waals surface area contributed by atoms with E-state index in [4.69, 9.17) is 4.74 Å². The van der Waals surface area contributed by atoms with Gasteiger partial charge < -0.3 is 19.8 Å². The lowest BCUT2D eigenvalue weighted by atomic mass is 9.63. The summed E-state index contributed by atoms with van der Waals surface area (Å²) < 4.78 is 6.07. The van der Waals surface area contributed by atoms with Crippen LogP contribution < -0.4 is 0 Å². The van der Waals surface area contributed by atoms with Gasteiger partial charge in [-0.25, -0.2) is 0 Å². The van der Waals surface area contributed by atoms with E-state index in [2.05, 4.69) is 38.7 Å². The van der Waals surface area contributed by atoms with E-state index in [0.717, 1.165) is 36.8 Å². The monoisotopic (exact) mass is 429 g/mol. The fourth-order valence-corrected chi connectivity index (χ4v) is 5.58. The molecule has 0 aromatic heterocycles. The van der Waals surface area contributed by atoms with Crippen LogP contribution in [0.15, 0.2) is 47.1 Å². The highest BCUT2D eigenvalue weighted by atomic mass is 16.5. The van der Waals surface area contributed by atoms with Gasteiger partial charge in [0.05, 0.1) is 31.3 Å². The van der Waals surface area contributed by atoms with Crippen molar-refractivity contribution in [2.75, 3.05) is 20.7 Å². The van der Waals surface area contributed by atoms with E-state index >= 15 is 0 Å². The van der Waals surface area contributed by atoms with Gasteiger partial charge in [0.1, 0.15) is 0 Å². The van der Waals surface area contributed by atoms with Gasteiger partial charge in [0.25, 0.3) is 0 Å². The van der Waals surface area contributed by atoms with E-state index in [-0.39, 0.29) is 17.4 Å². The zero-order valence-electron chi connectivity index (χ0n) is 19.6. The maximum atomic E-state index is 11.8. The molecule has 31 heavy (non-hydrogen) atoms. The highest BCUT2D eigenvalue weighted by Gasteiger charge is 2.46. The molecule has 0 unspecified atom stereocenters. The number of rotatable bonds is 6. The summed E-state index contributed by atoms with van der Waals surface area (Å²) in [6.45, 7) is 8.93. The third kappa shape index (κ3) is 5.21. The number of amides is 1. The molecule has 2 N–H and O–H groups in total. The van der Waals surface area contributed by atoms with E-state index in [1.165, 1.54) is 11.1 Å². The first-order chi connectivity index (χ1) is 14.6. The van der Waals surface area contributed by atoms with Gasteiger partial charge >= 0.3 is 0 Å². The van der Waals surface area contributed by atoms with Crippen LogP contribution >= 0.6 is 0 Å². The van der Waals surface area contributed by atoms with Crippen LogP contribution in [-0.4, -0.2) is 60.0 Å². The maximum Gasteiger partial charge on any atom is 0.224 e. The van der Waals surface area contributed by atoms with E-state index in [1.54, 1.807) is 19.0 Å². The Labute approximate surface area is 187 Å². The highest BCUT2D eigenvalue weighted by molar-refractivity contribution is 5.75. The van der Waals surface area contributed by atoms with Crippen molar-refractivity contribution < 1.29 is 19.7 Å². The predicted molar refractivity (Wildman–Crippen MR) is 123 cm³/mol. The molecule has 0 radical (unpaired) electrons. The lowest BCUT2D eigenvalue weighted by Crippen LogP contribution is -2.35. The van der Waals surface area contributed by atoms with Crippen molar-refractivity contribution in [3.8, 4) is 0 Å². The molecule has 0 heterocycles. The Kier molecular flexibility index (Phi) is 7.61. The van der Waals surface area contributed by atoms with Crippen molar-refractivity contribution in [1.82, 2.24) is 4.90 Å². The van der Waals surface area contributed by atoms with Crippen LogP contribution in [0.5, 0.6) is 0 Å². The van der Waals surface area contributed by atoms with Crippen LogP contribution in [0.3, 0.4) is 0 Å². The van der Waals surface area contributed by atoms with Crippen molar-refractivity contribution in [2.24, 2.45) is 11.3 Å². The fraction of sp³-hybridized carbons (Fsp3) is 0.654. The normalized spacial score (nSPS) is 34.6. The first kappa shape index (κ1) is 24.0. The number of carbonyl (C=O) groups excluding carboxylic acids is 1. The summed E-state index contributed by atoms with van der Waals surface area (Å²) in [4.78, 5) is 13.4. The summed E-state index contributed by atoms with van der Waals surface area (Å²) in [5.41, 5.74) is 4.57. The molecule has 2 fully saturated rings. The molecule has 0 spiro atoms. The summed E-state index contributed by atoms with van der Waals surface area (Å²) in [6, 6.07) is 0. The van der Waals surface area contributed by atoms with Crippen molar-refractivity contribution in [3.05, 3.63) is 47.1 Å². The van der Waals surface area contributed by atoms with Crippen molar-refractivity contribution in [1.29, 1.82) is 0 Å². The number of fused-ring (bicyclic) bond motifs is 1. The zero-order chi connectivity index (χ0) is 22.8. The lowest BCUT2D eigenvalue weighted by molar-refractivity contribution is -0.130. The van der Waals surface area contributed by atoms with Crippen molar-refractivity contribution in [3.63, 3.8) is 0 Å². The number of aliphatic hydroxyl groups excluding tert-OH is 2. The first-order valence-electron chi connectivity index (χ1n) is 11.6. The lowest BCUT2D eigenvalue weighted by Gasteiger charge is -2.42. The summed E-state index contributed by atoms with van der Waals surface area (Å²) in [5.74, 6) is 0.543. The molecule has 0 aliphatic heterocycles. The second-order valence-electron chi connectivity index (χ2n) is 9.84. The first-order valence-corrected chi connectivity index (χ1v) is 11.6. The number of hydrogen-bond acceptors (Lipinski definition) is 4. The van der Waals surface area contributed by atoms with Gasteiger partial charge in [-0.15, -0.1) is 0 Å². The molecule has 3 aliphatic carbocycles. The van der Waals surface area contributed by atoms with Crippen molar-refractivity contribution >= 4 is 5.91 Å². The third-order valence-corrected chi connectivity index (χ3v) is 7.50. The van der Waals surface area contributed by atoms with Crippen LogP contribution in [0.2, 0.25) is 0 Å². The minimum absolute atomic E-state index is 0.00563. The van der Waals surface area contributed by atoms with Gasteiger partial charge in [-0.2, -0.15) is 0 Å². The molecule has 5 atom stereocenters. The Morgan fingerprint density at radius 2 is 2.13 bits per heavy atom. The minimum atomic E-state index is -0.651. The number of aliphatic hydroxyl groups is 2. The second kappa shape index (κ2) is 9.85. The van der Waals surface area contributed by atoms with Crippen LogP contribution in [0.25, 0.3) is 0 Å². The summed E-state index contributed by atoms with van der Waals surface area (Å²) in [5, 5.41) is 20.1. The van der Waals surface area contributed by atoms with Gasteiger partial charge in [-0.3, -0.25) is 4.79 Å². The molecule has 5 heteroatoms. The molecule has 3 aliphatic rings. The molecule has 0 bridgehead atoms. The zero-order valence-corrected chi connectivity index (χ0v) is 19.6. The topological polar surface area (TPSA) is 70.0 Å². The Hall–Kier alpha value is -1.69. The number of carbonyl (C=O) groups is 1. The highest BCUT2D eigenvalue weighted by Crippen LogP contribution is 2.55. The number of nitrogens with zero attached hydrogens (tertiary/aromatic N) is 1. The molecule has 0 aromatic rings. The molecular formula is C26H39NO4. The van der Waals surface area contributed by atoms with Crippen LogP contribution in [0.1, 0.15) is 58.8 Å². The number of hydrogen-bond donors (Lipinski definition) is 2. The average Bonchev–Trinajstić information content (AvgIpc) is 3.06. The average molecular weight is 430 g/mol. The van der Waals surface area contributed by atoms with Crippen molar-refractivity contribution in [2.45, 2.75) is 77.1 Å². The van der Waals surface area contributed by atoms with Crippen LogP contribution in [-0.2, 0) is 9.53 Å². The van der Waals surface area contributed by atoms with E-state index < -0.39 is 12.2 Å². The Morgan fingerprint density at radius 1 is 1.39 bits per heavy atom. The summed E-state index contributed by atoms with van der Waals surface area (Å²) >= 11 is 0. The van der Waals surface area contributed by atoms with E-state index in [9.17, 15) is 15.0 Å². The number of ether oxygens (including phenoxy) is 1. The molecule has 3 rings (SSSR count). The summed E-state index contributed by atoms with van der Waals surface area (Å²) in [7, 11) is 3.54. The smallest absolute Gasteiger partial charge is 0.224 e. The number of allylic oxidation sites excluding steroid dienone is 4. The SMILES string of the molecule is C=C1C(=CC=C2CCC[C@]3(C)C([C@@H](C)OCCC(=O)N(C)C)=CC[C@@H]23)C[C@@H](O)C[C@@H]1O. The molecule has 0 saturated heterocycles. The van der Waals surface area contributed by atoms with Gasteiger partial charge in [-0.05, 0) is 67.1 Å². The largest absolute Gasteiger partial charge is 0.393 e. The molecule has 0 aromatic carbocycles. The molecular weight excluding hydrogens is 390 g/mol. The molecule has 1 amide bonds. The fourth-order valence-electron chi connectivity index (χ4n) is 5.58. The molecule has 5 nitrogen and oxygen atoms in total. The molecule has 172 valence electrons.